The summed E-state index contributed by atoms with van der Waals surface area (Å²) in [6.45, 7) is -0.288. The summed E-state index contributed by atoms with van der Waals surface area (Å²) >= 11 is 0. The molecule has 0 aliphatic carbocycles. The van der Waals surface area contributed by atoms with Gasteiger partial charge in [0.1, 0.15) is 0 Å². The monoisotopic (exact) mass is 249 g/mol. The number of amides is 2. The number of nitrogens with one attached hydrogen (secondary N) is 1. The van der Waals surface area contributed by atoms with Gasteiger partial charge >= 0.3 is 5.97 Å². The predicted molar refractivity (Wildman–Crippen MR) is 62.4 cm³/mol. The maximum Gasteiger partial charge on any atom is 0.328 e. The van der Waals surface area contributed by atoms with Gasteiger partial charge in [-0.25, -0.2) is 4.79 Å². The Bertz CT molecular complexity index is 511. The van der Waals surface area contributed by atoms with Gasteiger partial charge in [-0.05, 0) is 12.1 Å². The number of carbonyl (C=O) groups is 3. The molecular formula is C11H11N3O4. The lowest BCUT2D eigenvalue weighted by molar-refractivity contribution is -0.131. The molecule has 1 heterocycles. The molecule has 0 atom stereocenters. The van der Waals surface area contributed by atoms with Crippen molar-refractivity contribution >= 4 is 23.9 Å². The van der Waals surface area contributed by atoms with Gasteiger partial charge in [-0.15, -0.1) is 0 Å². The van der Waals surface area contributed by atoms with Gasteiger partial charge in [0.15, 0.2) is 0 Å². The smallest absolute Gasteiger partial charge is 0.328 e. The zero-order valence-electron chi connectivity index (χ0n) is 9.29. The van der Waals surface area contributed by atoms with E-state index in [0.29, 0.717) is 5.56 Å². The van der Waals surface area contributed by atoms with E-state index < -0.39 is 17.8 Å². The second kappa shape index (κ2) is 6.14. The molecule has 1 rings (SSSR count). The number of nitrogens with two attached hydrogens (primary N) is 1. The molecule has 1 aromatic heterocycles. The van der Waals surface area contributed by atoms with Crippen LogP contribution in [0.2, 0.25) is 0 Å². The van der Waals surface area contributed by atoms with Crippen LogP contribution in [0.25, 0.3) is 6.08 Å². The fourth-order valence-electron chi connectivity index (χ4n) is 1.17. The Morgan fingerprint density at radius 2 is 2.17 bits per heavy atom. The predicted octanol–water partition coefficient (Wildman–Crippen LogP) is -0.605. The zero-order chi connectivity index (χ0) is 13.5. The fourth-order valence-corrected chi connectivity index (χ4v) is 1.17. The molecule has 4 N–H and O–H groups in total. The second-order valence-corrected chi connectivity index (χ2v) is 3.28. The van der Waals surface area contributed by atoms with E-state index in [1.54, 1.807) is 0 Å². The zero-order valence-corrected chi connectivity index (χ0v) is 9.29. The van der Waals surface area contributed by atoms with Crippen LogP contribution in [-0.2, 0) is 9.59 Å². The number of rotatable bonds is 5. The molecule has 0 unspecified atom stereocenters. The number of carboxylic acid groups (broad SMARTS) is 1. The third-order valence-electron chi connectivity index (χ3n) is 1.93. The lowest BCUT2D eigenvalue weighted by atomic mass is 10.1. The minimum absolute atomic E-state index is 0.212. The van der Waals surface area contributed by atoms with E-state index in [0.717, 1.165) is 6.08 Å². The summed E-state index contributed by atoms with van der Waals surface area (Å²) in [5.74, 6) is -2.33. The highest BCUT2D eigenvalue weighted by molar-refractivity contribution is 6.00. The number of primary amides is 1. The van der Waals surface area contributed by atoms with Gasteiger partial charge in [0.2, 0.25) is 5.91 Å². The minimum atomic E-state index is -1.14. The van der Waals surface area contributed by atoms with Gasteiger partial charge in [0.25, 0.3) is 5.91 Å². The summed E-state index contributed by atoms with van der Waals surface area (Å²) in [6.07, 6.45) is 4.87. The molecule has 0 aliphatic rings. The lowest BCUT2D eigenvalue weighted by Gasteiger charge is -2.05. The van der Waals surface area contributed by atoms with Crippen molar-refractivity contribution in [3.8, 4) is 0 Å². The molecule has 1 aromatic rings. The average molecular weight is 249 g/mol. The third-order valence-corrected chi connectivity index (χ3v) is 1.93. The summed E-state index contributed by atoms with van der Waals surface area (Å²) in [6, 6.07) is 1.41. The number of nitrogens with zero attached hydrogens (tertiary/aromatic N) is 1. The van der Waals surface area contributed by atoms with Crippen molar-refractivity contribution in [3.63, 3.8) is 0 Å². The van der Waals surface area contributed by atoms with Gasteiger partial charge < -0.3 is 16.2 Å². The van der Waals surface area contributed by atoms with Crippen molar-refractivity contribution in [1.82, 2.24) is 10.3 Å². The molecule has 2 amide bonds. The molecule has 18 heavy (non-hydrogen) atoms. The Balaban J connectivity index is 2.91. The topological polar surface area (TPSA) is 122 Å². The first-order valence-electron chi connectivity index (χ1n) is 4.92. The highest BCUT2D eigenvalue weighted by Crippen LogP contribution is 2.08. The fraction of sp³-hybridized carbons (Fsp3) is 0.0909. The Hall–Kier alpha value is -2.70. The van der Waals surface area contributed by atoms with Crippen LogP contribution >= 0.6 is 0 Å². The lowest BCUT2D eigenvalue weighted by Crippen LogP contribution is -2.33. The number of hydrogen-bond acceptors (Lipinski definition) is 4. The van der Waals surface area contributed by atoms with E-state index in [1.165, 1.54) is 24.5 Å². The second-order valence-electron chi connectivity index (χ2n) is 3.28. The number of hydrogen-bond donors (Lipinski definition) is 3. The average Bonchev–Trinajstić information content (AvgIpc) is 2.33. The molecule has 0 fully saturated rings. The largest absolute Gasteiger partial charge is 0.478 e. The standard InChI is InChI=1S/C11H11N3O4/c12-9(15)6-14-11(18)8-3-4-13-5-7(8)1-2-10(16)17/h1-5H,6H2,(H2,12,15)(H,14,18)(H,16,17). The highest BCUT2D eigenvalue weighted by atomic mass is 16.4. The molecular weight excluding hydrogens is 238 g/mol. The van der Waals surface area contributed by atoms with E-state index in [-0.39, 0.29) is 12.1 Å². The van der Waals surface area contributed by atoms with Crippen LogP contribution in [0.5, 0.6) is 0 Å². The Labute approximate surface area is 102 Å². The van der Waals surface area contributed by atoms with Crippen LogP contribution in [0.1, 0.15) is 15.9 Å². The number of aromatic nitrogens is 1. The Kier molecular flexibility index (Phi) is 4.56. The summed E-state index contributed by atoms with van der Waals surface area (Å²) in [7, 11) is 0. The number of carbonyl (C=O) groups excluding carboxylic acids is 2. The van der Waals surface area contributed by atoms with Crippen molar-refractivity contribution in [2.45, 2.75) is 0 Å². The van der Waals surface area contributed by atoms with Crippen molar-refractivity contribution in [1.29, 1.82) is 0 Å². The van der Waals surface area contributed by atoms with Crippen molar-refractivity contribution in [3.05, 3.63) is 35.7 Å². The van der Waals surface area contributed by atoms with Crippen molar-refractivity contribution in [2.75, 3.05) is 6.54 Å². The Morgan fingerprint density at radius 1 is 1.44 bits per heavy atom. The van der Waals surface area contributed by atoms with E-state index in [2.05, 4.69) is 10.3 Å². The molecule has 94 valence electrons. The van der Waals surface area contributed by atoms with E-state index in [9.17, 15) is 14.4 Å². The van der Waals surface area contributed by atoms with E-state index in [1.807, 2.05) is 0 Å². The first-order valence-corrected chi connectivity index (χ1v) is 4.92. The molecule has 0 spiro atoms. The number of pyridine rings is 1. The van der Waals surface area contributed by atoms with Crippen LogP contribution < -0.4 is 11.1 Å². The quantitative estimate of drug-likeness (QED) is 0.601. The minimum Gasteiger partial charge on any atom is -0.478 e. The molecule has 0 saturated heterocycles. The normalized spacial score (nSPS) is 10.2. The molecule has 7 nitrogen and oxygen atoms in total. The van der Waals surface area contributed by atoms with Gasteiger partial charge in [0, 0.05) is 29.6 Å². The molecule has 0 aromatic carbocycles. The van der Waals surface area contributed by atoms with Gasteiger partial charge in [-0.3, -0.25) is 14.6 Å². The van der Waals surface area contributed by atoms with Gasteiger partial charge in [-0.1, -0.05) is 0 Å². The molecule has 0 radical (unpaired) electrons. The van der Waals surface area contributed by atoms with Crippen LogP contribution in [0.15, 0.2) is 24.5 Å². The van der Waals surface area contributed by atoms with Crippen molar-refractivity contribution < 1.29 is 19.5 Å². The first kappa shape index (κ1) is 13.4. The SMILES string of the molecule is NC(=O)CNC(=O)c1ccncc1C=CC(=O)O. The maximum atomic E-state index is 11.7. The van der Waals surface area contributed by atoms with Crippen LogP contribution in [-0.4, -0.2) is 34.4 Å². The summed E-state index contributed by atoms with van der Waals surface area (Å²) in [5, 5.41) is 10.8. The highest BCUT2D eigenvalue weighted by Gasteiger charge is 2.10. The maximum absolute atomic E-state index is 11.7. The molecule has 7 heteroatoms. The number of aliphatic carboxylic acids is 1. The van der Waals surface area contributed by atoms with Gasteiger partial charge in [0.05, 0.1) is 6.54 Å². The van der Waals surface area contributed by atoms with Crippen LogP contribution in [0, 0.1) is 0 Å². The molecule has 0 saturated carbocycles. The van der Waals surface area contributed by atoms with Crippen molar-refractivity contribution in [2.24, 2.45) is 5.73 Å². The summed E-state index contributed by atoms with van der Waals surface area (Å²) < 4.78 is 0. The number of carboxylic acids is 1. The summed E-state index contributed by atoms with van der Waals surface area (Å²) in [4.78, 5) is 36.4. The first-order chi connectivity index (χ1) is 8.50. The van der Waals surface area contributed by atoms with Crippen LogP contribution in [0.3, 0.4) is 0 Å². The van der Waals surface area contributed by atoms with E-state index >= 15 is 0 Å². The third kappa shape index (κ3) is 4.05. The molecule has 0 aliphatic heterocycles. The van der Waals surface area contributed by atoms with E-state index in [4.69, 9.17) is 10.8 Å². The van der Waals surface area contributed by atoms with Gasteiger partial charge in [-0.2, -0.15) is 0 Å². The summed E-state index contributed by atoms with van der Waals surface area (Å²) in [5.41, 5.74) is 5.44. The van der Waals surface area contributed by atoms with Crippen LogP contribution in [0.4, 0.5) is 0 Å². The Morgan fingerprint density at radius 3 is 2.78 bits per heavy atom. The molecule has 0 bridgehead atoms.